The Hall–Kier alpha value is -0.120. The van der Waals surface area contributed by atoms with Crippen LogP contribution in [0.25, 0.3) is 0 Å². The number of nitrogens with two attached hydrogens (primary N) is 1. The molecule has 0 spiro atoms. The molecule has 1 aliphatic carbocycles. The van der Waals surface area contributed by atoms with E-state index in [0.29, 0.717) is 17.6 Å². The number of hydrogen-bond donors (Lipinski definition) is 2. The Morgan fingerprint density at radius 2 is 2.13 bits per heavy atom. The van der Waals surface area contributed by atoms with Gasteiger partial charge in [-0.05, 0) is 39.3 Å². The molecule has 1 fully saturated rings. The van der Waals surface area contributed by atoms with Gasteiger partial charge in [-0.2, -0.15) is 0 Å². The smallest absolute Gasteiger partial charge is 0.0655 e. The van der Waals surface area contributed by atoms with Gasteiger partial charge >= 0.3 is 0 Å². The minimum Gasteiger partial charge on any atom is -0.378 e. The Morgan fingerprint density at radius 3 is 2.67 bits per heavy atom. The Morgan fingerprint density at radius 1 is 1.40 bits per heavy atom. The van der Waals surface area contributed by atoms with Crippen LogP contribution in [0, 0.1) is 5.41 Å². The van der Waals surface area contributed by atoms with E-state index in [4.69, 9.17) is 10.5 Å². The maximum absolute atomic E-state index is 5.69. The molecule has 1 rings (SSSR count). The van der Waals surface area contributed by atoms with E-state index in [9.17, 15) is 0 Å². The minimum absolute atomic E-state index is 0.290. The van der Waals surface area contributed by atoms with Crippen LogP contribution >= 0.6 is 0 Å². The normalized spacial score (nSPS) is 28.8. The van der Waals surface area contributed by atoms with Crippen molar-refractivity contribution in [3.8, 4) is 0 Å². The number of rotatable bonds is 7. The van der Waals surface area contributed by atoms with E-state index in [-0.39, 0.29) is 0 Å². The number of unbranched alkanes of at least 4 members (excludes halogenated alkanes) is 1. The van der Waals surface area contributed by atoms with Gasteiger partial charge < -0.3 is 15.8 Å². The van der Waals surface area contributed by atoms with E-state index in [1.54, 1.807) is 0 Å². The fraction of sp³-hybridized carbons (Fsp3) is 1.00. The van der Waals surface area contributed by atoms with Gasteiger partial charge in [0.1, 0.15) is 0 Å². The highest BCUT2D eigenvalue weighted by Gasteiger charge is 2.48. The van der Waals surface area contributed by atoms with Crippen LogP contribution in [0.4, 0.5) is 0 Å². The third kappa shape index (κ3) is 3.16. The summed E-state index contributed by atoms with van der Waals surface area (Å²) in [5, 5.41) is 3.60. The Balaban J connectivity index is 2.17. The average Bonchev–Trinajstić information content (AvgIpc) is 2.21. The predicted molar refractivity (Wildman–Crippen MR) is 63.9 cm³/mol. The summed E-state index contributed by atoms with van der Waals surface area (Å²) in [6.07, 6.45) is 3.90. The molecule has 0 bridgehead atoms. The summed E-state index contributed by atoms with van der Waals surface area (Å²) in [7, 11) is 0. The molecule has 3 N–H and O–H groups in total. The largest absolute Gasteiger partial charge is 0.378 e. The fourth-order valence-corrected chi connectivity index (χ4v) is 2.26. The molecule has 2 atom stereocenters. The van der Waals surface area contributed by atoms with Crippen molar-refractivity contribution in [2.24, 2.45) is 11.1 Å². The van der Waals surface area contributed by atoms with Crippen LogP contribution in [0.15, 0.2) is 0 Å². The van der Waals surface area contributed by atoms with E-state index < -0.39 is 0 Å². The van der Waals surface area contributed by atoms with Crippen molar-refractivity contribution in [1.29, 1.82) is 0 Å². The van der Waals surface area contributed by atoms with Crippen molar-refractivity contribution in [2.75, 3.05) is 19.7 Å². The quantitative estimate of drug-likeness (QED) is 0.632. The lowest BCUT2D eigenvalue weighted by Gasteiger charge is -2.52. The number of hydrogen-bond acceptors (Lipinski definition) is 3. The molecular weight excluding hydrogens is 188 g/mol. The maximum atomic E-state index is 5.69. The van der Waals surface area contributed by atoms with Crippen molar-refractivity contribution in [2.45, 2.75) is 52.2 Å². The average molecular weight is 214 g/mol. The first-order chi connectivity index (χ1) is 7.12. The van der Waals surface area contributed by atoms with Crippen LogP contribution in [0.1, 0.15) is 40.0 Å². The molecule has 0 amide bonds. The van der Waals surface area contributed by atoms with Crippen molar-refractivity contribution >= 4 is 0 Å². The first kappa shape index (κ1) is 12.9. The zero-order chi connectivity index (χ0) is 11.3. The summed E-state index contributed by atoms with van der Waals surface area (Å²) >= 11 is 0. The Kier molecular flexibility index (Phi) is 5.03. The van der Waals surface area contributed by atoms with Gasteiger partial charge in [0.15, 0.2) is 0 Å². The summed E-state index contributed by atoms with van der Waals surface area (Å²) in [4.78, 5) is 0. The van der Waals surface area contributed by atoms with Crippen LogP contribution in [-0.4, -0.2) is 31.8 Å². The molecule has 3 nitrogen and oxygen atoms in total. The highest BCUT2D eigenvalue weighted by molar-refractivity contribution is 5.02. The monoisotopic (exact) mass is 214 g/mol. The highest BCUT2D eigenvalue weighted by Crippen LogP contribution is 2.42. The van der Waals surface area contributed by atoms with Crippen LogP contribution in [0.2, 0.25) is 0 Å². The standard InChI is InChI=1S/C12H26N2O/c1-4-15-11-9-10(12(11,2)3)14-8-6-5-7-13/h10-11,14H,4-9,13H2,1-3H3. The third-order valence-corrected chi connectivity index (χ3v) is 3.57. The lowest BCUT2D eigenvalue weighted by Crippen LogP contribution is -2.61. The molecule has 0 radical (unpaired) electrons. The van der Waals surface area contributed by atoms with E-state index in [0.717, 1.165) is 32.5 Å². The van der Waals surface area contributed by atoms with Gasteiger partial charge in [-0.1, -0.05) is 13.8 Å². The predicted octanol–water partition coefficient (Wildman–Crippen LogP) is 1.52. The Labute approximate surface area is 93.8 Å². The van der Waals surface area contributed by atoms with Gasteiger partial charge in [-0.25, -0.2) is 0 Å². The van der Waals surface area contributed by atoms with Crippen LogP contribution < -0.4 is 11.1 Å². The van der Waals surface area contributed by atoms with Gasteiger partial charge in [0.05, 0.1) is 6.10 Å². The van der Waals surface area contributed by atoms with E-state index in [1.165, 1.54) is 6.42 Å². The topological polar surface area (TPSA) is 47.3 Å². The lowest BCUT2D eigenvalue weighted by molar-refractivity contribution is -0.113. The van der Waals surface area contributed by atoms with Gasteiger partial charge in [0, 0.05) is 18.1 Å². The zero-order valence-corrected chi connectivity index (χ0v) is 10.4. The highest BCUT2D eigenvalue weighted by atomic mass is 16.5. The number of nitrogens with one attached hydrogen (secondary N) is 1. The molecule has 0 heterocycles. The first-order valence-electron chi connectivity index (χ1n) is 6.18. The van der Waals surface area contributed by atoms with E-state index in [2.05, 4.69) is 26.1 Å². The molecule has 0 aromatic carbocycles. The molecular formula is C12H26N2O. The fourth-order valence-electron chi connectivity index (χ4n) is 2.26. The molecule has 3 heteroatoms. The molecule has 0 aromatic heterocycles. The second-order valence-electron chi connectivity index (χ2n) is 5.00. The second kappa shape index (κ2) is 5.83. The molecule has 1 saturated carbocycles. The molecule has 15 heavy (non-hydrogen) atoms. The van der Waals surface area contributed by atoms with Crippen molar-refractivity contribution in [3.63, 3.8) is 0 Å². The maximum Gasteiger partial charge on any atom is 0.0655 e. The SMILES string of the molecule is CCOC1CC(NCCCCN)C1(C)C. The summed E-state index contributed by atoms with van der Waals surface area (Å²) in [6, 6.07) is 0.617. The van der Waals surface area contributed by atoms with Gasteiger partial charge in [-0.15, -0.1) is 0 Å². The summed E-state index contributed by atoms with van der Waals surface area (Å²) in [5.41, 5.74) is 5.75. The molecule has 0 aliphatic heterocycles. The summed E-state index contributed by atoms with van der Waals surface area (Å²) in [6.45, 7) is 9.36. The van der Waals surface area contributed by atoms with E-state index >= 15 is 0 Å². The van der Waals surface area contributed by atoms with Crippen LogP contribution in [0.3, 0.4) is 0 Å². The molecule has 2 unspecified atom stereocenters. The third-order valence-electron chi connectivity index (χ3n) is 3.57. The minimum atomic E-state index is 0.290. The van der Waals surface area contributed by atoms with E-state index in [1.807, 2.05) is 0 Å². The number of ether oxygens (including phenoxy) is 1. The molecule has 90 valence electrons. The Bertz CT molecular complexity index is 182. The molecule has 0 aromatic rings. The zero-order valence-electron chi connectivity index (χ0n) is 10.4. The lowest BCUT2D eigenvalue weighted by atomic mass is 9.64. The van der Waals surface area contributed by atoms with Crippen molar-refractivity contribution < 1.29 is 4.74 Å². The van der Waals surface area contributed by atoms with Gasteiger partial charge in [-0.3, -0.25) is 0 Å². The second-order valence-corrected chi connectivity index (χ2v) is 5.00. The summed E-state index contributed by atoms with van der Waals surface area (Å²) in [5.74, 6) is 0. The van der Waals surface area contributed by atoms with Crippen molar-refractivity contribution in [1.82, 2.24) is 5.32 Å². The van der Waals surface area contributed by atoms with Gasteiger partial charge in [0.2, 0.25) is 0 Å². The van der Waals surface area contributed by atoms with Crippen LogP contribution in [-0.2, 0) is 4.74 Å². The molecule has 1 aliphatic rings. The van der Waals surface area contributed by atoms with Crippen LogP contribution in [0.5, 0.6) is 0 Å². The van der Waals surface area contributed by atoms with Crippen molar-refractivity contribution in [3.05, 3.63) is 0 Å². The van der Waals surface area contributed by atoms with Gasteiger partial charge in [0.25, 0.3) is 0 Å². The molecule has 0 saturated heterocycles. The first-order valence-corrected chi connectivity index (χ1v) is 6.18. The summed E-state index contributed by atoms with van der Waals surface area (Å²) < 4.78 is 5.69.